The Hall–Kier alpha value is -3.79. The summed E-state index contributed by atoms with van der Waals surface area (Å²) in [6.07, 6.45) is 5.65. The number of pyridine rings is 1. The molecule has 32 heavy (non-hydrogen) atoms. The van der Waals surface area contributed by atoms with Crippen molar-refractivity contribution < 1.29 is 9.47 Å². The SMILES string of the molecule is COc1cc2ncnc(-n3nc(-c4ccccn4)nc3N)c2cc1OCCN1CCCC1. The lowest BCUT2D eigenvalue weighted by Crippen LogP contribution is -2.25. The quantitative estimate of drug-likeness (QED) is 0.469. The van der Waals surface area contributed by atoms with Gasteiger partial charge in [0, 0.05) is 24.2 Å². The van der Waals surface area contributed by atoms with Crippen molar-refractivity contribution >= 4 is 16.9 Å². The minimum absolute atomic E-state index is 0.206. The fourth-order valence-electron chi connectivity index (χ4n) is 3.87. The molecule has 0 bridgehead atoms. The number of hydrogen-bond donors (Lipinski definition) is 1. The lowest BCUT2D eigenvalue weighted by molar-refractivity contribution is 0.230. The molecule has 2 N–H and O–H groups in total. The number of likely N-dealkylation sites (tertiary alicyclic amines) is 1. The number of ether oxygens (including phenoxy) is 2. The van der Waals surface area contributed by atoms with Gasteiger partial charge in [-0.15, -0.1) is 5.10 Å². The first-order valence-corrected chi connectivity index (χ1v) is 10.5. The molecule has 0 amide bonds. The molecule has 1 saturated heterocycles. The summed E-state index contributed by atoms with van der Waals surface area (Å²) in [5.41, 5.74) is 7.50. The topological polar surface area (TPSA) is 117 Å². The number of methoxy groups -OCH3 is 1. The Labute approximate surface area is 185 Å². The first-order valence-electron chi connectivity index (χ1n) is 10.5. The number of anilines is 1. The largest absolute Gasteiger partial charge is 0.493 e. The molecule has 10 heteroatoms. The molecule has 1 aliphatic rings. The van der Waals surface area contributed by atoms with Gasteiger partial charge in [-0.2, -0.15) is 9.67 Å². The lowest BCUT2D eigenvalue weighted by atomic mass is 10.2. The third-order valence-electron chi connectivity index (χ3n) is 5.49. The van der Waals surface area contributed by atoms with E-state index in [4.69, 9.17) is 15.2 Å². The van der Waals surface area contributed by atoms with E-state index in [1.54, 1.807) is 13.3 Å². The Balaban J connectivity index is 1.50. The summed E-state index contributed by atoms with van der Waals surface area (Å²) < 4.78 is 13.1. The number of rotatable bonds is 7. The number of aromatic nitrogens is 6. The van der Waals surface area contributed by atoms with Crippen LogP contribution in [0.5, 0.6) is 11.5 Å². The van der Waals surface area contributed by atoms with Gasteiger partial charge in [0.05, 0.1) is 12.6 Å². The fourth-order valence-corrected chi connectivity index (χ4v) is 3.87. The van der Waals surface area contributed by atoms with Crippen molar-refractivity contribution in [2.75, 3.05) is 39.1 Å². The van der Waals surface area contributed by atoms with Gasteiger partial charge in [0.15, 0.2) is 17.3 Å². The van der Waals surface area contributed by atoms with Crippen LogP contribution in [0.3, 0.4) is 0 Å². The van der Waals surface area contributed by atoms with E-state index in [9.17, 15) is 0 Å². The van der Waals surface area contributed by atoms with Crippen molar-refractivity contribution in [3.8, 4) is 28.8 Å². The first kappa shape index (κ1) is 20.1. The highest BCUT2D eigenvalue weighted by Crippen LogP contribution is 2.34. The van der Waals surface area contributed by atoms with Crippen molar-refractivity contribution in [2.24, 2.45) is 0 Å². The molecule has 0 unspecified atom stereocenters. The van der Waals surface area contributed by atoms with E-state index in [1.807, 2.05) is 30.3 Å². The summed E-state index contributed by atoms with van der Waals surface area (Å²) in [6.45, 7) is 3.70. The van der Waals surface area contributed by atoms with Gasteiger partial charge in [-0.3, -0.25) is 9.88 Å². The zero-order chi connectivity index (χ0) is 21.9. The van der Waals surface area contributed by atoms with Crippen LogP contribution in [-0.2, 0) is 0 Å². The van der Waals surface area contributed by atoms with Crippen LogP contribution in [0.2, 0.25) is 0 Å². The smallest absolute Gasteiger partial charge is 0.225 e. The van der Waals surface area contributed by atoms with Crippen LogP contribution >= 0.6 is 0 Å². The second-order valence-electron chi connectivity index (χ2n) is 7.54. The minimum atomic E-state index is 0.206. The van der Waals surface area contributed by atoms with Crippen molar-refractivity contribution in [3.63, 3.8) is 0 Å². The third-order valence-corrected chi connectivity index (χ3v) is 5.49. The van der Waals surface area contributed by atoms with Crippen molar-refractivity contribution in [3.05, 3.63) is 42.9 Å². The van der Waals surface area contributed by atoms with Gasteiger partial charge in [0.2, 0.25) is 11.8 Å². The van der Waals surface area contributed by atoms with Crippen LogP contribution in [-0.4, -0.2) is 68.0 Å². The van der Waals surface area contributed by atoms with E-state index in [1.165, 1.54) is 23.9 Å². The predicted octanol–water partition coefficient (Wildman–Crippen LogP) is 2.34. The van der Waals surface area contributed by atoms with Crippen LogP contribution in [0.4, 0.5) is 5.95 Å². The molecular formula is C22H24N8O2. The number of nitrogens with zero attached hydrogens (tertiary/aromatic N) is 7. The maximum Gasteiger partial charge on any atom is 0.225 e. The van der Waals surface area contributed by atoms with E-state index >= 15 is 0 Å². The Morgan fingerprint density at radius 1 is 1.06 bits per heavy atom. The van der Waals surface area contributed by atoms with Gasteiger partial charge >= 0.3 is 0 Å². The summed E-state index contributed by atoms with van der Waals surface area (Å²) in [5.74, 6) is 2.38. The fraction of sp³-hybridized carbons (Fsp3) is 0.318. The van der Waals surface area contributed by atoms with Gasteiger partial charge in [0.1, 0.15) is 18.6 Å². The van der Waals surface area contributed by atoms with E-state index in [-0.39, 0.29) is 5.95 Å². The molecule has 1 aliphatic heterocycles. The van der Waals surface area contributed by atoms with E-state index < -0.39 is 0 Å². The van der Waals surface area contributed by atoms with Gasteiger partial charge in [-0.1, -0.05) is 6.07 Å². The molecule has 4 aromatic rings. The Morgan fingerprint density at radius 2 is 1.94 bits per heavy atom. The van der Waals surface area contributed by atoms with Gasteiger partial charge in [-0.05, 0) is 44.1 Å². The van der Waals surface area contributed by atoms with Gasteiger partial charge in [0.25, 0.3) is 0 Å². The number of benzene rings is 1. The molecule has 1 aromatic carbocycles. The standard InChI is InChI=1S/C22H24N8O2/c1-31-18-13-17-15(12-19(18)32-11-10-29-8-4-5-9-29)21(26-14-25-17)30-22(23)27-20(28-30)16-6-2-3-7-24-16/h2-3,6-7,12-14H,4-5,8-11H2,1H3,(H2,23,27,28). The molecule has 4 heterocycles. The lowest BCUT2D eigenvalue weighted by Gasteiger charge is -2.17. The number of hydrogen-bond acceptors (Lipinski definition) is 9. The van der Waals surface area contributed by atoms with E-state index in [2.05, 4.69) is 29.9 Å². The molecule has 1 fully saturated rings. The van der Waals surface area contributed by atoms with Crippen molar-refractivity contribution in [1.29, 1.82) is 0 Å². The van der Waals surface area contributed by atoms with Crippen LogP contribution < -0.4 is 15.2 Å². The Kier molecular flexibility index (Phi) is 5.51. The summed E-state index contributed by atoms with van der Waals surface area (Å²) in [5, 5.41) is 5.27. The molecular weight excluding hydrogens is 408 g/mol. The first-order chi connectivity index (χ1) is 15.7. The van der Waals surface area contributed by atoms with Crippen LogP contribution in [0.15, 0.2) is 42.9 Å². The van der Waals surface area contributed by atoms with Gasteiger partial charge < -0.3 is 15.2 Å². The Bertz CT molecular complexity index is 1220. The molecule has 0 spiro atoms. The molecule has 0 saturated carbocycles. The summed E-state index contributed by atoms with van der Waals surface area (Å²) in [7, 11) is 1.62. The molecule has 164 valence electrons. The van der Waals surface area contributed by atoms with E-state index in [0.717, 1.165) is 25.0 Å². The van der Waals surface area contributed by atoms with Crippen molar-refractivity contribution in [2.45, 2.75) is 12.8 Å². The highest BCUT2D eigenvalue weighted by Gasteiger charge is 2.18. The zero-order valence-corrected chi connectivity index (χ0v) is 17.8. The molecule has 5 rings (SSSR count). The normalized spacial score (nSPS) is 14.2. The summed E-state index contributed by atoms with van der Waals surface area (Å²) in [6, 6.07) is 9.24. The summed E-state index contributed by atoms with van der Waals surface area (Å²) in [4.78, 5) is 19.9. The number of fused-ring (bicyclic) bond motifs is 1. The second-order valence-corrected chi connectivity index (χ2v) is 7.54. The van der Waals surface area contributed by atoms with E-state index in [0.29, 0.717) is 41.0 Å². The molecule has 0 radical (unpaired) electrons. The molecule has 0 atom stereocenters. The predicted molar refractivity (Wildman–Crippen MR) is 120 cm³/mol. The second kappa shape index (κ2) is 8.75. The molecule has 3 aromatic heterocycles. The molecule has 0 aliphatic carbocycles. The summed E-state index contributed by atoms with van der Waals surface area (Å²) >= 11 is 0. The maximum atomic E-state index is 6.19. The van der Waals surface area contributed by atoms with Crippen LogP contribution in [0.25, 0.3) is 28.2 Å². The number of nitrogens with two attached hydrogens (primary N) is 1. The highest BCUT2D eigenvalue weighted by atomic mass is 16.5. The molecule has 10 nitrogen and oxygen atoms in total. The van der Waals surface area contributed by atoms with Crippen LogP contribution in [0.1, 0.15) is 12.8 Å². The van der Waals surface area contributed by atoms with Crippen molar-refractivity contribution in [1.82, 2.24) is 34.6 Å². The maximum absolute atomic E-state index is 6.19. The highest BCUT2D eigenvalue weighted by molar-refractivity contribution is 5.88. The monoisotopic (exact) mass is 432 g/mol. The van der Waals surface area contributed by atoms with Crippen LogP contribution in [0, 0.1) is 0 Å². The minimum Gasteiger partial charge on any atom is -0.493 e. The average molecular weight is 432 g/mol. The Morgan fingerprint density at radius 3 is 2.72 bits per heavy atom. The number of nitrogen functional groups attached to an aromatic ring is 1. The zero-order valence-electron chi connectivity index (χ0n) is 17.8. The average Bonchev–Trinajstić information content (AvgIpc) is 3.48. The van der Waals surface area contributed by atoms with Gasteiger partial charge in [-0.25, -0.2) is 9.97 Å². The third kappa shape index (κ3) is 3.92.